The molecule has 3 N–H and O–H groups in total. The fourth-order valence-electron chi connectivity index (χ4n) is 2.04. The molecule has 0 fully saturated rings. The van der Waals surface area contributed by atoms with Crippen LogP contribution in [0.15, 0.2) is 18.2 Å². The molecule has 1 aromatic carbocycles. The van der Waals surface area contributed by atoms with Crippen LogP contribution in [0.5, 0.6) is 0 Å². The van der Waals surface area contributed by atoms with Gasteiger partial charge in [-0.25, -0.2) is 0 Å². The van der Waals surface area contributed by atoms with Gasteiger partial charge in [-0.15, -0.1) is 0 Å². The first-order valence-electron chi connectivity index (χ1n) is 6.67. The molecule has 0 bridgehead atoms. The number of amidine groups is 1. The molecule has 18 heavy (non-hydrogen) atoms. The summed E-state index contributed by atoms with van der Waals surface area (Å²) in [7, 11) is 2.16. The van der Waals surface area contributed by atoms with Crippen LogP contribution in [-0.4, -0.2) is 24.3 Å². The van der Waals surface area contributed by atoms with Crippen molar-refractivity contribution in [1.82, 2.24) is 4.90 Å². The summed E-state index contributed by atoms with van der Waals surface area (Å²) in [5.74, 6) is 0.140. The highest BCUT2D eigenvalue weighted by Crippen LogP contribution is 2.13. The van der Waals surface area contributed by atoms with Crippen LogP contribution in [-0.2, 0) is 6.54 Å². The minimum absolute atomic E-state index is 0.140. The number of hydrogen-bond donors (Lipinski definition) is 2. The fraction of sp³-hybridized carbons (Fsp3) is 0.533. The summed E-state index contributed by atoms with van der Waals surface area (Å²) in [4.78, 5) is 2.35. The summed E-state index contributed by atoms with van der Waals surface area (Å²) in [5, 5.41) is 7.42. The van der Waals surface area contributed by atoms with Crippen LogP contribution in [0.25, 0.3) is 0 Å². The van der Waals surface area contributed by atoms with E-state index in [0.29, 0.717) is 0 Å². The van der Waals surface area contributed by atoms with Crippen LogP contribution in [0, 0.1) is 12.3 Å². The normalized spacial score (nSPS) is 10.9. The number of unbranched alkanes of at least 4 members (excludes halogenated alkanes) is 2. The van der Waals surface area contributed by atoms with Crippen molar-refractivity contribution in [2.45, 2.75) is 39.7 Å². The highest BCUT2D eigenvalue weighted by Gasteiger charge is 2.05. The maximum absolute atomic E-state index is 7.42. The fourth-order valence-corrected chi connectivity index (χ4v) is 2.04. The van der Waals surface area contributed by atoms with Gasteiger partial charge in [0, 0.05) is 12.1 Å². The van der Waals surface area contributed by atoms with Crippen molar-refractivity contribution in [1.29, 1.82) is 5.41 Å². The van der Waals surface area contributed by atoms with Crippen molar-refractivity contribution in [3.8, 4) is 0 Å². The van der Waals surface area contributed by atoms with E-state index in [1.165, 1.54) is 30.4 Å². The molecule has 1 aromatic rings. The maximum atomic E-state index is 7.42. The molecule has 0 unspecified atom stereocenters. The monoisotopic (exact) mass is 247 g/mol. The molecule has 0 radical (unpaired) electrons. The van der Waals surface area contributed by atoms with Gasteiger partial charge in [0.15, 0.2) is 0 Å². The minimum atomic E-state index is 0.140. The van der Waals surface area contributed by atoms with E-state index in [0.717, 1.165) is 18.7 Å². The first-order chi connectivity index (χ1) is 8.54. The van der Waals surface area contributed by atoms with Crippen molar-refractivity contribution in [3.05, 3.63) is 34.9 Å². The molecule has 0 saturated heterocycles. The molecule has 100 valence electrons. The topological polar surface area (TPSA) is 53.1 Å². The highest BCUT2D eigenvalue weighted by molar-refractivity contribution is 5.95. The van der Waals surface area contributed by atoms with E-state index < -0.39 is 0 Å². The molecule has 0 heterocycles. The smallest absolute Gasteiger partial charge is 0.122 e. The number of nitrogens with one attached hydrogen (secondary N) is 1. The van der Waals surface area contributed by atoms with Gasteiger partial charge in [0.2, 0.25) is 0 Å². The van der Waals surface area contributed by atoms with Crippen LogP contribution in [0.1, 0.15) is 42.9 Å². The summed E-state index contributed by atoms with van der Waals surface area (Å²) < 4.78 is 0. The Morgan fingerprint density at radius 2 is 2.06 bits per heavy atom. The van der Waals surface area contributed by atoms with Crippen molar-refractivity contribution < 1.29 is 0 Å². The van der Waals surface area contributed by atoms with E-state index in [9.17, 15) is 0 Å². The minimum Gasteiger partial charge on any atom is -0.384 e. The van der Waals surface area contributed by atoms with Crippen LogP contribution in [0.4, 0.5) is 0 Å². The molecule has 3 heteroatoms. The third-order valence-corrected chi connectivity index (χ3v) is 3.24. The lowest BCUT2D eigenvalue weighted by Crippen LogP contribution is -2.20. The summed E-state index contributed by atoms with van der Waals surface area (Å²) in [6, 6.07) is 6.02. The largest absolute Gasteiger partial charge is 0.384 e. The van der Waals surface area contributed by atoms with Gasteiger partial charge in [-0.2, -0.15) is 0 Å². The van der Waals surface area contributed by atoms with E-state index >= 15 is 0 Å². The summed E-state index contributed by atoms with van der Waals surface area (Å²) in [5.41, 5.74) is 8.83. The van der Waals surface area contributed by atoms with Gasteiger partial charge in [0.25, 0.3) is 0 Å². The molecule has 0 aliphatic carbocycles. The highest BCUT2D eigenvalue weighted by atomic mass is 15.1. The lowest BCUT2D eigenvalue weighted by Gasteiger charge is -2.18. The molecule has 1 rings (SSSR count). The summed E-state index contributed by atoms with van der Waals surface area (Å²) in [6.45, 7) is 6.42. The van der Waals surface area contributed by atoms with Crippen molar-refractivity contribution >= 4 is 5.84 Å². The SMILES string of the molecule is CCCCCN(C)Cc1ccc(C(=N)N)cc1C. The third kappa shape index (κ3) is 4.49. The Kier molecular flexibility index (Phi) is 5.86. The molecule has 0 aromatic heterocycles. The van der Waals surface area contributed by atoms with Crippen LogP contribution >= 0.6 is 0 Å². The zero-order chi connectivity index (χ0) is 13.5. The van der Waals surface area contributed by atoms with Gasteiger partial charge in [0.1, 0.15) is 5.84 Å². The van der Waals surface area contributed by atoms with Gasteiger partial charge >= 0.3 is 0 Å². The van der Waals surface area contributed by atoms with Crippen molar-refractivity contribution in [2.24, 2.45) is 5.73 Å². The van der Waals surface area contributed by atoms with E-state index in [2.05, 4.69) is 31.9 Å². The third-order valence-electron chi connectivity index (χ3n) is 3.24. The number of nitrogens with two attached hydrogens (primary N) is 1. The van der Waals surface area contributed by atoms with Gasteiger partial charge < -0.3 is 10.6 Å². The summed E-state index contributed by atoms with van der Waals surface area (Å²) in [6.07, 6.45) is 3.82. The number of aryl methyl sites for hydroxylation is 1. The van der Waals surface area contributed by atoms with Gasteiger partial charge in [-0.1, -0.05) is 31.9 Å². The molecule has 0 spiro atoms. The molecule has 3 nitrogen and oxygen atoms in total. The van der Waals surface area contributed by atoms with Gasteiger partial charge in [-0.05, 0) is 44.1 Å². The molecule has 0 atom stereocenters. The Bertz CT molecular complexity index is 399. The molecular weight excluding hydrogens is 222 g/mol. The molecule has 0 saturated carbocycles. The van der Waals surface area contributed by atoms with E-state index in [-0.39, 0.29) is 5.84 Å². The molecule has 0 aliphatic heterocycles. The Balaban J connectivity index is 2.59. The zero-order valence-electron chi connectivity index (χ0n) is 11.8. The average molecular weight is 247 g/mol. The van der Waals surface area contributed by atoms with Crippen LogP contribution in [0.3, 0.4) is 0 Å². The van der Waals surface area contributed by atoms with Gasteiger partial charge in [-0.3, -0.25) is 5.41 Å². The molecular formula is C15H25N3. The lowest BCUT2D eigenvalue weighted by molar-refractivity contribution is 0.317. The van der Waals surface area contributed by atoms with Crippen LogP contribution < -0.4 is 5.73 Å². The van der Waals surface area contributed by atoms with Crippen LogP contribution in [0.2, 0.25) is 0 Å². The van der Waals surface area contributed by atoms with E-state index in [1.807, 2.05) is 12.1 Å². The second-order valence-electron chi connectivity index (χ2n) is 5.00. The van der Waals surface area contributed by atoms with Gasteiger partial charge in [0.05, 0.1) is 0 Å². The van der Waals surface area contributed by atoms with E-state index in [1.54, 1.807) is 0 Å². The predicted molar refractivity (Wildman–Crippen MR) is 78.1 cm³/mol. The summed E-state index contributed by atoms with van der Waals surface area (Å²) >= 11 is 0. The lowest BCUT2D eigenvalue weighted by atomic mass is 10.0. The second kappa shape index (κ2) is 7.17. The molecule has 0 aliphatic rings. The maximum Gasteiger partial charge on any atom is 0.122 e. The Morgan fingerprint density at radius 3 is 2.61 bits per heavy atom. The zero-order valence-corrected chi connectivity index (χ0v) is 11.8. The molecule has 0 amide bonds. The number of nitrogen functional groups attached to an aromatic ring is 1. The second-order valence-corrected chi connectivity index (χ2v) is 5.00. The number of nitrogens with zero attached hydrogens (tertiary/aromatic N) is 1. The quantitative estimate of drug-likeness (QED) is 0.442. The number of benzene rings is 1. The standard InChI is InChI=1S/C15H25N3/c1-4-5-6-9-18(3)11-14-8-7-13(15(16)17)10-12(14)2/h7-8,10H,4-6,9,11H2,1-3H3,(H3,16,17). The Morgan fingerprint density at radius 1 is 1.33 bits per heavy atom. The van der Waals surface area contributed by atoms with Crippen molar-refractivity contribution in [2.75, 3.05) is 13.6 Å². The first-order valence-corrected chi connectivity index (χ1v) is 6.67. The first kappa shape index (κ1) is 14.7. The average Bonchev–Trinajstić information content (AvgIpc) is 2.32. The Labute approximate surface area is 111 Å². The van der Waals surface area contributed by atoms with E-state index in [4.69, 9.17) is 11.1 Å². The number of hydrogen-bond acceptors (Lipinski definition) is 2. The predicted octanol–water partition coefficient (Wildman–Crippen LogP) is 2.90. The van der Waals surface area contributed by atoms with Crippen molar-refractivity contribution in [3.63, 3.8) is 0 Å². The Hall–Kier alpha value is -1.35. The number of rotatable bonds is 7.